The molecule has 0 amide bonds. The number of nitrogens with one attached hydrogen (secondary N) is 2. The summed E-state index contributed by atoms with van der Waals surface area (Å²) in [6, 6.07) is 6.06. The van der Waals surface area contributed by atoms with E-state index in [0.29, 0.717) is 25.3 Å². The Balaban J connectivity index is 1.35. The number of nitrogens with zero attached hydrogens (tertiary/aromatic N) is 5. The monoisotopic (exact) mass is 411 g/mol. The maximum absolute atomic E-state index is 13.3. The fourth-order valence-electron chi connectivity index (χ4n) is 4.14. The van der Waals surface area contributed by atoms with Crippen LogP contribution in [0.15, 0.2) is 30.6 Å². The summed E-state index contributed by atoms with van der Waals surface area (Å²) in [7, 11) is 0. The summed E-state index contributed by atoms with van der Waals surface area (Å²) in [5.74, 6) is -1.76. The van der Waals surface area contributed by atoms with Crippen LogP contribution in [0.2, 0.25) is 0 Å². The molecular weight excluding hydrogens is 388 g/mol. The van der Waals surface area contributed by atoms with Crippen LogP contribution in [-0.2, 0) is 6.54 Å². The van der Waals surface area contributed by atoms with E-state index in [9.17, 15) is 8.78 Å². The van der Waals surface area contributed by atoms with Crippen LogP contribution in [0, 0.1) is 5.92 Å². The molecule has 0 radical (unpaired) electrons. The first-order chi connectivity index (χ1) is 14.5. The van der Waals surface area contributed by atoms with Crippen molar-refractivity contribution in [2.45, 2.75) is 45.1 Å². The van der Waals surface area contributed by atoms with Gasteiger partial charge < -0.3 is 10.3 Å². The zero-order valence-corrected chi connectivity index (χ0v) is 16.7. The molecule has 4 aromatic rings. The molecule has 0 atom stereocenters. The lowest BCUT2D eigenvalue weighted by Crippen LogP contribution is -2.28. The van der Waals surface area contributed by atoms with E-state index in [1.165, 1.54) is 0 Å². The van der Waals surface area contributed by atoms with E-state index in [2.05, 4.69) is 36.6 Å². The van der Waals surface area contributed by atoms with Crippen molar-refractivity contribution in [2.24, 2.45) is 5.92 Å². The smallest absolute Gasteiger partial charge is 0.248 e. The van der Waals surface area contributed by atoms with Crippen LogP contribution in [0.4, 0.5) is 14.7 Å². The van der Waals surface area contributed by atoms with Gasteiger partial charge in [0.15, 0.2) is 0 Å². The number of hydrogen-bond donors (Lipinski definition) is 2. The van der Waals surface area contributed by atoms with Crippen molar-refractivity contribution >= 4 is 28.0 Å². The average Bonchev–Trinajstić information content (AvgIpc) is 3.36. The Bertz CT molecular complexity index is 1190. The summed E-state index contributed by atoms with van der Waals surface area (Å²) < 4.78 is 28.5. The molecule has 0 unspecified atom stereocenters. The normalized spacial score (nSPS) is 17.0. The number of anilines is 1. The Morgan fingerprint density at radius 2 is 2.10 bits per heavy atom. The number of H-pyrrole nitrogens is 1. The van der Waals surface area contributed by atoms with Gasteiger partial charge in [0.2, 0.25) is 11.9 Å². The molecule has 0 bridgehead atoms. The minimum absolute atomic E-state index is 0.0317. The summed E-state index contributed by atoms with van der Waals surface area (Å²) in [6.07, 6.45) is 4.71. The third-order valence-electron chi connectivity index (χ3n) is 5.94. The van der Waals surface area contributed by atoms with E-state index in [4.69, 9.17) is 0 Å². The molecule has 156 valence electrons. The second kappa shape index (κ2) is 7.30. The number of aromatic nitrogens is 6. The molecule has 1 fully saturated rings. The van der Waals surface area contributed by atoms with Gasteiger partial charge in [0.1, 0.15) is 11.2 Å². The number of hydrogen-bond acceptors (Lipinski definition) is 5. The molecule has 1 aromatic carbocycles. The Morgan fingerprint density at radius 1 is 1.27 bits per heavy atom. The molecule has 1 aliphatic carbocycles. The fourth-order valence-corrected chi connectivity index (χ4v) is 4.14. The Labute approximate surface area is 171 Å². The van der Waals surface area contributed by atoms with E-state index >= 15 is 0 Å². The molecule has 5 rings (SSSR count). The molecule has 7 nitrogen and oxygen atoms in total. The number of fused-ring (bicyclic) bond motifs is 2. The first kappa shape index (κ1) is 18.9. The number of halogens is 2. The molecule has 3 heterocycles. The fraction of sp³-hybridized carbons (Fsp3) is 0.429. The highest BCUT2D eigenvalue weighted by atomic mass is 19.3. The van der Waals surface area contributed by atoms with Crippen LogP contribution >= 0.6 is 0 Å². The van der Waals surface area contributed by atoms with Gasteiger partial charge in [0.25, 0.3) is 0 Å². The minimum atomic E-state index is -2.50. The topological polar surface area (TPSA) is 84.3 Å². The van der Waals surface area contributed by atoms with Gasteiger partial charge in [-0.05, 0) is 43.4 Å². The van der Waals surface area contributed by atoms with Gasteiger partial charge in [-0.25, -0.2) is 18.4 Å². The molecule has 9 heteroatoms. The van der Waals surface area contributed by atoms with E-state index in [0.717, 1.165) is 39.7 Å². The number of rotatable bonds is 5. The lowest BCUT2D eigenvalue weighted by Gasteiger charge is -2.28. The third kappa shape index (κ3) is 3.48. The molecular formula is C21H23F2N7. The molecule has 0 aliphatic heterocycles. The molecule has 0 spiro atoms. The van der Waals surface area contributed by atoms with Crippen LogP contribution in [0.25, 0.3) is 33.2 Å². The molecule has 1 aliphatic rings. The Kier molecular flexibility index (Phi) is 4.60. The van der Waals surface area contributed by atoms with Crippen molar-refractivity contribution < 1.29 is 8.78 Å². The van der Waals surface area contributed by atoms with Crippen molar-refractivity contribution in [2.75, 3.05) is 11.9 Å². The van der Waals surface area contributed by atoms with E-state index < -0.39 is 5.92 Å². The van der Waals surface area contributed by atoms with Gasteiger partial charge in [0.05, 0.1) is 5.52 Å². The molecule has 0 saturated heterocycles. The molecule has 30 heavy (non-hydrogen) atoms. The van der Waals surface area contributed by atoms with Crippen molar-refractivity contribution in [1.82, 2.24) is 29.9 Å². The number of alkyl halides is 2. The highest BCUT2D eigenvalue weighted by molar-refractivity contribution is 5.95. The first-order valence-corrected chi connectivity index (χ1v) is 10.3. The highest BCUT2D eigenvalue weighted by Crippen LogP contribution is 2.36. The zero-order valence-electron chi connectivity index (χ0n) is 16.7. The first-order valence-electron chi connectivity index (χ1n) is 10.3. The maximum atomic E-state index is 13.3. The van der Waals surface area contributed by atoms with Gasteiger partial charge in [-0.1, -0.05) is 11.3 Å². The van der Waals surface area contributed by atoms with Crippen molar-refractivity contribution in [1.29, 1.82) is 0 Å². The van der Waals surface area contributed by atoms with E-state index in [-0.39, 0.29) is 18.8 Å². The summed E-state index contributed by atoms with van der Waals surface area (Å²) in [4.78, 5) is 12.2. The highest BCUT2D eigenvalue weighted by Gasteiger charge is 2.34. The van der Waals surface area contributed by atoms with Crippen LogP contribution < -0.4 is 5.32 Å². The predicted molar refractivity (Wildman–Crippen MR) is 111 cm³/mol. The van der Waals surface area contributed by atoms with Crippen LogP contribution in [0.5, 0.6) is 0 Å². The van der Waals surface area contributed by atoms with Crippen molar-refractivity contribution in [3.63, 3.8) is 0 Å². The van der Waals surface area contributed by atoms with Crippen LogP contribution in [0.3, 0.4) is 0 Å². The largest absolute Gasteiger partial charge is 0.354 e. The summed E-state index contributed by atoms with van der Waals surface area (Å²) >= 11 is 0. The number of aromatic amines is 1. The van der Waals surface area contributed by atoms with Gasteiger partial charge >= 0.3 is 0 Å². The molecule has 1 saturated carbocycles. The molecule has 3 aromatic heterocycles. The lowest BCUT2D eigenvalue weighted by molar-refractivity contribution is -0.0443. The molecule has 2 N–H and O–H groups in total. The minimum Gasteiger partial charge on any atom is -0.354 e. The average molecular weight is 411 g/mol. The van der Waals surface area contributed by atoms with Crippen LogP contribution in [0.1, 0.15) is 32.6 Å². The predicted octanol–water partition coefficient (Wildman–Crippen LogP) is 4.63. The Morgan fingerprint density at radius 3 is 2.90 bits per heavy atom. The summed E-state index contributed by atoms with van der Waals surface area (Å²) in [5, 5.41) is 12.5. The zero-order chi connectivity index (χ0) is 20.7. The summed E-state index contributed by atoms with van der Waals surface area (Å²) in [5.41, 5.74) is 4.64. The number of benzene rings is 1. The van der Waals surface area contributed by atoms with Crippen LogP contribution in [-0.4, -0.2) is 42.4 Å². The van der Waals surface area contributed by atoms with Crippen molar-refractivity contribution in [3.8, 4) is 11.1 Å². The van der Waals surface area contributed by atoms with Gasteiger partial charge in [-0.2, -0.15) is 4.98 Å². The second-order valence-electron chi connectivity index (χ2n) is 7.95. The van der Waals surface area contributed by atoms with E-state index in [1.807, 2.05) is 29.9 Å². The third-order valence-corrected chi connectivity index (χ3v) is 5.94. The quantitative estimate of drug-likeness (QED) is 0.500. The standard InChI is InChI=1S/C21H23F2N7/c1-2-30-18-9-14(3-4-17(18)28-29-30)15-11-24-19-16(15)12-26-20(27-19)25-10-13-5-7-21(22,23)8-6-13/h3-4,9,11-13H,2,5-8,10H2,1H3,(H2,24,25,26,27). The number of aryl methyl sites for hydroxylation is 1. The SMILES string of the molecule is CCn1nnc2ccc(-c3c[nH]c4nc(NCC5CCC(F)(F)CC5)ncc34)cc21. The lowest BCUT2D eigenvalue weighted by atomic mass is 9.87. The van der Waals surface area contributed by atoms with Crippen molar-refractivity contribution in [3.05, 3.63) is 30.6 Å². The van der Waals surface area contributed by atoms with Gasteiger partial charge in [-0.15, -0.1) is 5.10 Å². The Hall–Kier alpha value is -3.10. The maximum Gasteiger partial charge on any atom is 0.248 e. The summed E-state index contributed by atoms with van der Waals surface area (Å²) in [6.45, 7) is 3.40. The van der Waals surface area contributed by atoms with Gasteiger partial charge in [-0.3, -0.25) is 0 Å². The van der Waals surface area contributed by atoms with Gasteiger partial charge in [0, 0.05) is 49.3 Å². The van der Waals surface area contributed by atoms with E-state index in [1.54, 1.807) is 6.20 Å². The second-order valence-corrected chi connectivity index (χ2v) is 7.95.